The van der Waals surface area contributed by atoms with Crippen LogP contribution in [0.25, 0.3) is 0 Å². The van der Waals surface area contributed by atoms with Crippen LogP contribution in [-0.4, -0.2) is 74.2 Å². The van der Waals surface area contributed by atoms with Crippen molar-refractivity contribution in [3.05, 3.63) is 0 Å². The van der Waals surface area contributed by atoms with Crippen LogP contribution in [0.2, 0.25) is 0 Å². The van der Waals surface area contributed by atoms with Gasteiger partial charge < -0.3 is 35.2 Å². The zero-order valence-corrected chi connectivity index (χ0v) is 12.2. The SMILES string of the molecule is O=C(NC1[C@H](O)OC(CO)[C@H](O)[C@@H]1O)OCC(Cl)(Cl)Cl. The molecule has 0 radical (unpaired) electrons. The predicted octanol–water partition coefficient (Wildman–Crippen LogP) is -1.12. The van der Waals surface area contributed by atoms with E-state index < -0.39 is 53.7 Å². The van der Waals surface area contributed by atoms with Gasteiger partial charge in [0.05, 0.1) is 6.61 Å². The monoisotopic (exact) mass is 353 g/mol. The molecule has 8 nitrogen and oxygen atoms in total. The topological polar surface area (TPSA) is 128 Å². The highest BCUT2D eigenvalue weighted by Crippen LogP contribution is 2.26. The summed E-state index contributed by atoms with van der Waals surface area (Å²) in [6.07, 6.45) is -6.98. The largest absolute Gasteiger partial charge is 0.445 e. The van der Waals surface area contributed by atoms with Crippen molar-refractivity contribution in [1.82, 2.24) is 5.32 Å². The molecule has 0 aromatic carbocycles. The quantitative estimate of drug-likeness (QED) is 0.406. The van der Waals surface area contributed by atoms with E-state index in [0.29, 0.717) is 0 Å². The molecule has 0 spiro atoms. The van der Waals surface area contributed by atoms with Crippen LogP contribution in [-0.2, 0) is 9.47 Å². The van der Waals surface area contributed by atoms with Crippen molar-refractivity contribution in [1.29, 1.82) is 0 Å². The highest BCUT2D eigenvalue weighted by Gasteiger charge is 2.44. The van der Waals surface area contributed by atoms with Gasteiger partial charge in [-0.1, -0.05) is 34.8 Å². The molecular formula is C9H14Cl3NO7. The molecule has 20 heavy (non-hydrogen) atoms. The molecule has 1 amide bonds. The Morgan fingerprint density at radius 3 is 2.35 bits per heavy atom. The van der Waals surface area contributed by atoms with E-state index in [-0.39, 0.29) is 0 Å². The first-order chi connectivity index (χ1) is 9.15. The van der Waals surface area contributed by atoms with Gasteiger partial charge in [0, 0.05) is 0 Å². The molecule has 0 aromatic rings. The molecular weight excluding hydrogens is 340 g/mol. The average Bonchev–Trinajstić information content (AvgIpc) is 2.35. The number of alkyl halides is 3. The van der Waals surface area contributed by atoms with Crippen LogP contribution in [0.3, 0.4) is 0 Å². The minimum Gasteiger partial charge on any atom is -0.445 e. The van der Waals surface area contributed by atoms with E-state index in [4.69, 9.17) is 44.6 Å². The molecule has 1 saturated heterocycles. The number of nitrogens with one attached hydrogen (secondary N) is 1. The Balaban J connectivity index is 2.56. The smallest absolute Gasteiger partial charge is 0.407 e. The number of rotatable bonds is 3. The molecule has 1 rings (SSSR count). The van der Waals surface area contributed by atoms with Gasteiger partial charge in [-0.2, -0.15) is 0 Å². The third kappa shape index (κ3) is 5.05. The van der Waals surface area contributed by atoms with Crippen LogP contribution in [0, 0.1) is 0 Å². The van der Waals surface area contributed by atoms with Gasteiger partial charge in [-0.15, -0.1) is 0 Å². The Morgan fingerprint density at radius 1 is 1.25 bits per heavy atom. The lowest BCUT2D eigenvalue weighted by Gasteiger charge is -2.40. The zero-order valence-electron chi connectivity index (χ0n) is 9.95. The normalized spacial score (nSPS) is 34.6. The van der Waals surface area contributed by atoms with Crippen LogP contribution >= 0.6 is 34.8 Å². The van der Waals surface area contributed by atoms with Crippen LogP contribution in [0.5, 0.6) is 0 Å². The molecule has 1 aliphatic rings. The Morgan fingerprint density at radius 2 is 1.85 bits per heavy atom. The highest BCUT2D eigenvalue weighted by atomic mass is 35.6. The van der Waals surface area contributed by atoms with Crippen LogP contribution in [0.15, 0.2) is 0 Å². The van der Waals surface area contributed by atoms with E-state index >= 15 is 0 Å². The lowest BCUT2D eigenvalue weighted by Crippen LogP contribution is -2.64. The third-order valence-corrected chi connectivity index (χ3v) is 2.88. The van der Waals surface area contributed by atoms with E-state index in [0.717, 1.165) is 0 Å². The first-order valence-electron chi connectivity index (χ1n) is 5.46. The maximum Gasteiger partial charge on any atom is 0.407 e. The number of ether oxygens (including phenoxy) is 2. The molecule has 11 heteroatoms. The van der Waals surface area contributed by atoms with Gasteiger partial charge in [-0.3, -0.25) is 0 Å². The van der Waals surface area contributed by atoms with Crippen molar-refractivity contribution in [2.45, 2.75) is 34.4 Å². The van der Waals surface area contributed by atoms with Crippen molar-refractivity contribution in [3.8, 4) is 0 Å². The van der Waals surface area contributed by atoms with E-state index in [2.05, 4.69) is 10.1 Å². The minimum absolute atomic E-state index is 0.551. The van der Waals surface area contributed by atoms with Gasteiger partial charge >= 0.3 is 6.09 Å². The van der Waals surface area contributed by atoms with Crippen LogP contribution in [0.4, 0.5) is 4.79 Å². The number of aliphatic hydroxyl groups is 4. The highest BCUT2D eigenvalue weighted by molar-refractivity contribution is 6.67. The number of hydrogen-bond donors (Lipinski definition) is 5. The van der Waals surface area contributed by atoms with Gasteiger partial charge in [0.15, 0.2) is 6.29 Å². The lowest BCUT2D eigenvalue weighted by atomic mass is 9.97. The maximum absolute atomic E-state index is 11.4. The number of carbonyl (C=O) groups is 1. The van der Waals surface area contributed by atoms with Crippen molar-refractivity contribution in [3.63, 3.8) is 0 Å². The third-order valence-electron chi connectivity index (χ3n) is 2.55. The van der Waals surface area contributed by atoms with E-state index in [1.165, 1.54) is 0 Å². The summed E-state index contributed by atoms with van der Waals surface area (Å²) in [5.74, 6) is 0. The minimum atomic E-state index is -1.81. The molecule has 1 fully saturated rings. The summed E-state index contributed by atoms with van der Waals surface area (Å²) in [5, 5.41) is 39.9. The van der Waals surface area contributed by atoms with Gasteiger partial charge in [0.2, 0.25) is 3.79 Å². The van der Waals surface area contributed by atoms with Gasteiger partial charge in [0.1, 0.15) is 31.0 Å². The molecule has 1 aliphatic heterocycles. The van der Waals surface area contributed by atoms with Gasteiger partial charge in [-0.05, 0) is 0 Å². The van der Waals surface area contributed by atoms with Crippen molar-refractivity contribution >= 4 is 40.9 Å². The van der Waals surface area contributed by atoms with Crippen LogP contribution in [0.1, 0.15) is 0 Å². The molecule has 0 bridgehead atoms. The summed E-state index contributed by atoms with van der Waals surface area (Å²) in [5.41, 5.74) is 0. The second kappa shape index (κ2) is 7.28. The van der Waals surface area contributed by atoms with Gasteiger partial charge in [-0.25, -0.2) is 4.79 Å². The summed E-state index contributed by atoms with van der Waals surface area (Å²) in [6, 6.07) is -1.37. The predicted molar refractivity (Wildman–Crippen MR) is 68.5 cm³/mol. The first-order valence-corrected chi connectivity index (χ1v) is 6.59. The summed E-state index contributed by atoms with van der Waals surface area (Å²) in [6.45, 7) is -1.16. The second-order valence-corrected chi connectivity index (χ2v) is 6.61. The maximum atomic E-state index is 11.4. The molecule has 1 heterocycles. The Bertz CT molecular complexity index is 340. The van der Waals surface area contributed by atoms with Crippen LogP contribution < -0.4 is 5.32 Å². The lowest BCUT2D eigenvalue weighted by molar-refractivity contribution is -0.253. The fourth-order valence-corrected chi connectivity index (χ4v) is 1.74. The molecule has 2 unspecified atom stereocenters. The molecule has 5 atom stereocenters. The number of hydrogen-bond acceptors (Lipinski definition) is 7. The second-order valence-electron chi connectivity index (χ2n) is 4.09. The summed E-state index contributed by atoms with van der Waals surface area (Å²) in [4.78, 5) is 11.4. The fraction of sp³-hybridized carbons (Fsp3) is 0.889. The van der Waals surface area contributed by atoms with E-state index in [9.17, 15) is 20.1 Å². The zero-order chi connectivity index (χ0) is 15.5. The first kappa shape index (κ1) is 18.0. The number of amides is 1. The number of aliphatic hydroxyl groups excluding tert-OH is 4. The summed E-state index contributed by atoms with van der Waals surface area (Å²) < 4.78 is 7.56. The Kier molecular flexibility index (Phi) is 6.55. The molecule has 5 N–H and O–H groups in total. The Labute approximate surface area is 129 Å². The Hall–Kier alpha value is -0.0600. The molecule has 0 aromatic heterocycles. The number of alkyl carbamates (subject to hydrolysis) is 1. The molecule has 0 aliphatic carbocycles. The fourth-order valence-electron chi connectivity index (χ4n) is 1.58. The van der Waals surface area contributed by atoms with E-state index in [1.807, 2.05) is 0 Å². The standard InChI is InChI=1S/C9H14Cl3NO7/c10-9(11,12)2-19-8(18)13-4-6(16)5(15)3(1-14)20-7(4)17/h3-7,14-17H,1-2H2,(H,13,18)/t3?,4?,5-,6+,7+/m0/s1. The summed E-state index contributed by atoms with van der Waals surface area (Å²) >= 11 is 16.1. The molecule has 118 valence electrons. The average molecular weight is 355 g/mol. The number of carbonyl (C=O) groups excluding carboxylic acids is 1. The summed E-state index contributed by atoms with van der Waals surface area (Å²) in [7, 11) is 0. The number of halogens is 3. The van der Waals surface area contributed by atoms with Crippen molar-refractivity contribution < 1.29 is 34.7 Å². The van der Waals surface area contributed by atoms with Gasteiger partial charge in [0.25, 0.3) is 0 Å². The van der Waals surface area contributed by atoms with E-state index in [1.54, 1.807) is 0 Å². The molecule has 0 saturated carbocycles. The van der Waals surface area contributed by atoms with Crippen molar-refractivity contribution in [2.24, 2.45) is 0 Å². The van der Waals surface area contributed by atoms with Crippen molar-refractivity contribution in [2.75, 3.05) is 13.2 Å².